The van der Waals surface area contributed by atoms with Gasteiger partial charge in [-0.2, -0.15) is 0 Å². The van der Waals surface area contributed by atoms with Gasteiger partial charge in [0.1, 0.15) is 12.5 Å². The highest BCUT2D eigenvalue weighted by molar-refractivity contribution is 5.32. The molecule has 12 rings (SSSR count). The summed E-state index contributed by atoms with van der Waals surface area (Å²) in [5, 5.41) is 24.5. The molecule has 0 N–H and O–H groups in total. The minimum atomic E-state index is 0.856. The molecule has 0 aliphatic heterocycles. The molecule has 25 heteroatoms. The summed E-state index contributed by atoms with van der Waals surface area (Å²) in [4.78, 5) is 39.1. The molecule has 0 bridgehead atoms. The van der Waals surface area contributed by atoms with Crippen LogP contribution >= 0.6 is 0 Å². The molecule has 0 saturated heterocycles. The van der Waals surface area contributed by atoms with Crippen LogP contribution in [0.4, 0.5) is 0 Å². The molecule has 0 unspecified atom stereocenters. The third-order valence-corrected chi connectivity index (χ3v) is 11.8. The number of aryl methyl sites for hydroxylation is 12. The van der Waals surface area contributed by atoms with Crippen LogP contribution in [-0.2, 0) is 42.3 Å². The van der Waals surface area contributed by atoms with Gasteiger partial charge in [-0.1, -0.05) is 194 Å². The molecule has 11 heterocycles. The maximum absolute atomic E-state index is 4.21. The number of rotatable bonds is 6. The molecule has 102 heavy (non-hydrogen) atoms. The second-order valence-corrected chi connectivity index (χ2v) is 17.2. The summed E-state index contributed by atoms with van der Waals surface area (Å²) in [6.07, 6.45) is 37.6. The van der Waals surface area contributed by atoms with E-state index < -0.39 is 0 Å². The Bertz CT molecular complexity index is 3160. The maximum atomic E-state index is 4.21. The van der Waals surface area contributed by atoms with Crippen LogP contribution in [-0.4, -0.2) is 94.3 Å². The standard InChI is InChI=1S/C10H12N3.3C9H11N4.2C8H10N5.12C2H6/c1-9-5-3-4-6-10(9)13-8-7-11-12(13)2;1-8-7-10-4-3-9(8)13-6-5-11-12(13)2;1-8-3-4-10-7-9(8)13-6-5-11-12(13)2;1-8-9(4-3-5-10-8)13-7-6-11-12(13)2;1-7-8(5-9-6-10-7)13-4-3-11-12(13)2;1-7-5-9-6-10-8(7)13-4-3-11-12(13)2;12*1-2/h3-8H,1-2H3;3*3-7H,1-2H3;2*3-6H,1-2H3;12*1-2H3/q6*+1;;;;;;;;;;;;. The minimum absolute atomic E-state index is 0.856. The first kappa shape index (κ1) is 103. The van der Waals surface area contributed by atoms with Gasteiger partial charge in [-0.3, -0.25) is 15.0 Å². The smallest absolute Gasteiger partial charge is 0.264 e. The van der Waals surface area contributed by atoms with Gasteiger partial charge in [-0.25, -0.2) is 15.0 Å². The average molecular weight is 1410 g/mol. The molecule has 0 fully saturated rings. The Balaban J connectivity index is -0.000000255. The molecule has 0 aliphatic carbocycles. The number of hydrogen-bond acceptors (Lipinski definition) is 13. The molecule has 0 spiro atoms. The van der Waals surface area contributed by atoms with Crippen LogP contribution in [0.3, 0.4) is 0 Å². The molecule has 1 aromatic carbocycles. The van der Waals surface area contributed by atoms with E-state index in [1.807, 2.05) is 355 Å². The Morgan fingerprint density at radius 3 is 0.912 bits per heavy atom. The van der Waals surface area contributed by atoms with Crippen molar-refractivity contribution in [2.45, 2.75) is 208 Å². The van der Waals surface area contributed by atoms with Gasteiger partial charge >= 0.3 is 0 Å². The first-order chi connectivity index (χ1) is 49.7. The number of aromatic nitrogens is 25. The normalized spacial score (nSPS) is 8.59. The Morgan fingerprint density at radius 1 is 0.235 bits per heavy atom. The minimum Gasteiger partial charge on any atom is -0.264 e. The van der Waals surface area contributed by atoms with E-state index >= 15 is 0 Å². The molecular weight excluding hydrogens is 1280 g/mol. The Morgan fingerprint density at radius 2 is 0.539 bits per heavy atom. The van der Waals surface area contributed by atoms with Crippen molar-refractivity contribution in [3.05, 3.63) is 213 Å². The molecule has 0 radical (unpaired) electrons. The lowest BCUT2D eigenvalue weighted by molar-refractivity contribution is -0.691. The van der Waals surface area contributed by atoms with Crippen LogP contribution in [0.1, 0.15) is 200 Å². The summed E-state index contributed by atoms with van der Waals surface area (Å²) >= 11 is 0. The van der Waals surface area contributed by atoms with Crippen LogP contribution in [0.2, 0.25) is 0 Å². The topological polar surface area (TPSA) is 220 Å². The van der Waals surface area contributed by atoms with E-state index in [4.69, 9.17) is 0 Å². The average Bonchev–Trinajstić information content (AvgIpc) is 1.73. The fraction of sp³-hybridized carbons (Fsp3) is 0.468. The molecule has 0 aliphatic rings. The lowest BCUT2D eigenvalue weighted by Crippen LogP contribution is -2.41. The van der Waals surface area contributed by atoms with Gasteiger partial charge in [0.25, 0.3) is 5.82 Å². The van der Waals surface area contributed by atoms with Crippen LogP contribution in [0.5, 0.6) is 0 Å². The number of nitrogens with zero attached hydrogens (tertiary/aromatic N) is 25. The second kappa shape index (κ2) is 67.8. The van der Waals surface area contributed by atoms with Crippen molar-refractivity contribution in [3.63, 3.8) is 0 Å². The van der Waals surface area contributed by atoms with Crippen molar-refractivity contribution in [1.29, 1.82) is 0 Å². The van der Waals surface area contributed by atoms with Gasteiger partial charge in [0, 0.05) is 79.2 Å². The summed E-state index contributed by atoms with van der Waals surface area (Å²) < 4.78 is 11.6. The SMILES string of the molecule is CC.CC.CC.CC.CC.CC.CC.CC.CC.CC.CC.CC.Cc1ccccc1-[n+]1ccnn1C.Cc1ccncc1-[n+]1ccnn1C.Cc1cnccc1-[n+]1ccnn1C.Cc1cncnc1-[n+]1ccnn1C.Cc1ncccc1-[n+]1ccnn1C.Cc1ncncc1-[n+]1ccnn1C. The Labute approximate surface area is 616 Å². The largest absolute Gasteiger partial charge is 0.290 e. The van der Waals surface area contributed by atoms with Crippen molar-refractivity contribution in [3.8, 4) is 34.3 Å². The zero-order valence-corrected chi connectivity index (χ0v) is 69.9. The molecule has 25 nitrogen and oxygen atoms in total. The molecule has 564 valence electrons. The predicted molar refractivity (Wildman–Crippen MR) is 418 cm³/mol. The molecule has 0 amide bonds. The highest BCUT2D eigenvalue weighted by Gasteiger charge is 2.15. The van der Waals surface area contributed by atoms with Crippen LogP contribution in [0.15, 0.2) is 179 Å². The van der Waals surface area contributed by atoms with E-state index in [2.05, 4.69) is 91.5 Å². The van der Waals surface area contributed by atoms with Gasteiger partial charge in [-0.05, 0) is 100 Å². The number of hydrogen-bond donors (Lipinski definition) is 0. The van der Waals surface area contributed by atoms with Crippen LogP contribution < -0.4 is 28.1 Å². The second-order valence-electron chi connectivity index (χ2n) is 17.2. The zero-order chi connectivity index (χ0) is 79.6. The monoisotopic (exact) mass is 1410 g/mol. The van der Waals surface area contributed by atoms with Crippen LogP contribution in [0, 0.1) is 41.5 Å². The highest BCUT2D eigenvalue weighted by Crippen LogP contribution is 2.07. The van der Waals surface area contributed by atoms with Gasteiger partial charge in [0.2, 0.25) is 31.0 Å². The summed E-state index contributed by atoms with van der Waals surface area (Å²) in [6.45, 7) is 60.1. The van der Waals surface area contributed by atoms with E-state index in [9.17, 15) is 0 Å². The maximum Gasteiger partial charge on any atom is 0.290 e. The van der Waals surface area contributed by atoms with Crippen LogP contribution in [0.25, 0.3) is 34.3 Å². The number of pyridine rings is 3. The van der Waals surface area contributed by atoms with E-state index in [0.29, 0.717) is 0 Å². The van der Waals surface area contributed by atoms with E-state index in [1.54, 1.807) is 92.1 Å². The third kappa shape index (κ3) is 36.1. The quantitative estimate of drug-likeness (QED) is 0.142. The van der Waals surface area contributed by atoms with Crippen molar-refractivity contribution in [1.82, 2.24) is 94.3 Å². The van der Waals surface area contributed by atoms with E-state index in [-0.39, 0.29) is 0 Å². The number of benzene rings is 1. The Hall–Kier alpha value is -10.3. The molecule has 0 atom stereocenters. The first-order valence-corrected chi connectivity index (χ1v) is 36.5. The Kier molecular flexibility index (Phi) is 68.3. The van der Waals surface area contributed by atoms with Crippen molar-refractivity contribution < 1.29 is 28.1 Å². The lowest BCUT2D eigenvalue weighted by Gasteiger charge is -2.00. The summed E-state index contributed by atoms with van der Waals surface area (Å²) in [5.74, 6) is 0.856. The fourth-order valence-corrected chi connectivity index (χ4v) is 7.64. The molecular formula is C77H137N25+6. The van der Waals surface area contributed by atoms with Crippen molar-refractivity contribution >= 4 is 0 Å². The van der Waals surface area contributed by atoms with Gasteiger partial charge in [0.05, 0.1) is 66.1 Å². The van der Waals surface area contributed by atoms with E-state index in [0.717, 1.165) is 51.1 Å². The van der Waals surface area contributed by atoms with Crippen molar-refractivity contribution in [2.75, 3.05) is 0 Å². The third-order valence-electron chi connectivity index (χ3n) is 11.8. The molecule has 12 aromatic rings. The lowest BCUT2D eigenvalue weighted by atomic mass is 10.2. The number of para-hydroxylation sites is 1. The molecule has 0 saturated carbocycles. The van der Waals surface area contributed by atoms with Gasteiger partial charge in [0.15, 0.2) is 71.9 Å². The van der Waals surface area contributed by atoms with E-state index in [1.165, 1.54) is 29.5 Å². The summed E-state index contributed by atoms with van der Waals surface area (Å²) in [6, 6.07) is 16.1. The predicted octanol–water partition coefficient (Wildman–Crippen LogP) is 14.1. The first-order valence-electron chi connectivity index (χ1n) is 36.5. The van der Waals surface area contributed by atoms with Gasteiger partial charge < -0.3 is 0 Å². The zero-order valence-electron chi connectivity index (χ0n) is 69.9. The molecule has 11 aromatic heterocycles. The summed E-state index contributed by atoms with van der Waals surface area (Å²) in [7, 11) is 11.3. The highest BCUT2D eigenvalue weighted by atomic mass is 15.6. The summed E-state index contributed by atoms with van der Waals surface area (Å²) in [5.41, 5.74) is 11.9. The van der Waals surface area contributed by atoms with Crippen molar-refractivity contribution in [2.24, 2.45) is 42.3 Å². The fourth-order valence-electron chi connectivity index (χ4n) is 7.64. The van der Waals surface area contributed by atoms with Gasteiger partial charge in [-0.15, -0.1) is 28.1 Å².